The Bertz CT molecular complexity index is 816. The molecule has 7 heteroatoms. The van der Waals surface area contributed by atoms with Gasteiger partial charge in [0.1, 0.15) is 0 Å². The van der Waals surface area contributed by atoms with Crippen molar-refractivity contribution in [2.45, 2.75) is 55.6 Å². The van der Waals surface area contributed by atoms with Crippen LogP contribution in [-0.2, 0) is 21.1 Å². The van der Waals surface area contributed by atoms with Gasteiger partial charge in [-0.1, -0.05) is 12.1 Å². The number of hydrogen-bond acceptors (Lipinski definition) is 3. The van der Waals surface area contributed by atoms with Gasteiger partial charge < -0.3 is 4.90 Å². The third-order valence-corrected chi connectivity index (χ3v) is 8.40. The van der Waals surface area contributed by atoms with Crippen molar-refractivity contribution in [1.29, 1.82) is 0 Å². The van der Waals surface area contributed by atoms with Crippen molar-refractivity contribution in [3.63, 3.8) is 0 Å². The van der Waals surface area contributed by atoms with E-state index in [1.165, 1.54) is 50.7 Å². The summed E-state index contributed by atoms with van der Waals surface area (Å²) in [6.07, 6.45) is 7.95. The van der Waals surface area contributed by atoms with Crippen LogP contribution in [0.25, 0.3) is 0 Å². The Labute approximate surface area is 165 Å². The molecule has 4 saturated carbocycles. The summed E-state index contributed by atoms with van der Waals surface area (Å²) >= 11 is 0. The van der Waals surface area contributed by atoms with Crippen LogP contribution in [0.4, 0.5) is 8.78 Å². The maximum absolute atomic E-state index is 12.7. The molecule has 0 unspecified atom stereocenters. The van der Waals surface area contributed by atoms with Crippen molar-refractivity contribution >= 4 is 15.7 Å². The van der Waals surface area contributed by atoms with Crippen molar-refractivity contribution in [1.82, 2.24) is 4.90 Å². The molecule has 4 bridgehead atoms. The Morgan fingerprint density at radius 3 is 2.04 bits per heavy atom. The molecule has 0 heterocycles. The van der Waals surface area contributed by atoms with Gasteiger partial charge in [-0.2, -0.15) is 8.78 Å². The number of alkyl halides is 2. The molecule has 0 radical (unpaired) electrons. The second-order valence-corrected chi connectivity index (χ2v) is 11.2. The molecule has 4 aliphatic rings. The number of benzene rings is 1. The van der Waals surface area contributed by atoms with Crippen LogP contribution in [0.3, 0.4) is 0 Å². The van der Waals surface area contributed by atoms with Gasteiger partial charge in [0.05, 0.1) is 11.3 Å². The van der Waals surface area contributed by atoms with E-state index in [0.717, 1.165) is 36.4 Å². The van der Waals surface area contributed by atoms with Crippen LogP contribution in [0, 0.1) is 23.2 Å². The molecule has 0 saturated heterocycles. The summed E-state index contributed by atoms with van der Waals surface area (Å²) in [5.41, 5.74) is 0.907. The second-order valence-electron chi connectivity index (χ2n) is 9.29. The Hall–Kier alpha value is -1.50. The zero-order valence-electron chi connectivity index (χ0n) is 16.1. The van der Waals surface area contributed by atoms with Gasteiger partial charge in [0.15, 0.2) is 0 Å². The molecular formula is C21H27F2NO3S. The fourth-order valence-electron chi connectivity index (χ4n) is 6.28. The standard InChI is InChI=1S/C21H27F2NO3S/c1-24(13-21-10-15-6-16(11-21)8-17(7-15)12-21)19(25)9-14-2-4-18(5-3-14)28(26,27)20(22)23/h2-5,15-17,20H,6-13H2,1H3. The van der Waals surface area contributed by atoms with Gasteiger partial charge in [-0.25, -0.2) is 8.42 Å². The van der Waals surface area contributed by atoms with Crippen LogP contribution >= 0.6 is 0 Å². The highest BCUT2D eigenvalue weighted by Gasteiger charge is 2.51. The topological polar surface area (TPSA) is 54.5 Å². The average molecular weight is 412 g/mol. The number of nitrogens with zero attached hydrogens (tertiary/aromatic N) is 1. The minimum Gasteiger partial charge on any atom is -0.345 e. The molecule has 4 aliphatic carbocycles. The quantitative estimate of drug-likeness (QED) is 0.713. The van der Waals surface area contributed by atoms with E-state index in [1.54, 1.807) is 0 Å². The zero-order chi connectivity index (χ0) is 20.1. The van der Waals surface area contributed by atoms with Crippen molar-refractivity contribution < 1.29 is 22.0 Å². The van der Waals surface area contributed by atoms with Crippen LogP contribution in [0.1, 0.15) is 44.1 Å². The van der Waals surface area contributed by atoms with Crippen LogP contribution in [0.5, 0.6) is 0 Å². The highest BCUT2D eigenvalue weighted by molar-refractivity contribution is 7.91. The molecule has 5 rings (SSSR count). The van der Waals surface area contributed by atoms with E-state index >= 15 is 0 Å². The Morgan fingerprint density at radius 2 is 1.57 bits per heavy atom. The first-order valence-corrected chi connectivity index (χ1v) is 11.6. The monoisotopic (exact) mass is 411 g/mol. The molecule has 0 N–H and O–H groups in total. The summed E-state index contributed by atoms with van der Waals surface area (Å²) in [6.45, 7) is 0.785. The number of carbonyl (C=O) groups excluding carboxylic acids is 1. The van der Waals surface area contributed by atoms with E-state index in [1.807, 2.05) is 11.9 Å². The lowest BCUT2D eigenvalue weighted by Gasteiger charge is -2.57. The number of halogens is 2. The summed E-state index contributed by atoms with van der Waals surface area (Å²) in [6, 6.07) is 5.21. The number of hydrogen-bond donors (Lipinski definition) is 0. The lowest BCUT2D eigenvalue weighted by atomic mass is 9.49. The minimum atomic E-state index is -4.60. The molecule has 4 nitrogen and oxygen atoms in total. The highest BCUT2D eigenvalue weighted by atomic mass is 32.2. The fraction of sp³-hybridized carbons (Fsp3) is 0.667. The maximum atomic E-state index is 12.7. The van der Waals surface area contributed by atoms with E-state index in [9.17, 15) is 22.0 Å². The smallest absolute Gasteiger partial charge is 0.341 e. The molecule has 1 aromatic rings. The first-order valence-electron chi connectivity index (χ1n) is 10.0. The Balaban J connectivity index is 1.39. The van der Waals surface area contributed by atoms with Gasteiger partial charge in [0.2, 0.25) is 15.7 Å². The first kappa shape index (κ1) is 19.8. The van der Waals surface area contributed by atoms with Crippen molar-refractivity contribution in [2.75, 3.05) is 13.6 Å². The summed E-state index contributed by atoms with van der Waals surface area (Å²) in [5, 5.41) is 0. The van der Waals surface area contributed by atoms with Crippen molar-refractivity contribution in [2.24, 2.45) is 23.2 Å². The van der Waals surface area contributed by atoms with Gasteiger partial charge in [0, 0.05) is 13.6 Å². The lowest BCUT2D eigenvalue weighted by Crippen LogP contribution is -2.51. The predicted molar refractivity (Wildman–Crippen MR) is 102 cm³/mol. The van der Waals surface area contributed by atoms with Crippen molar-refractivity contribution in [3.8, 4) is 0 Å². The molecule has 154 valence electrons. The third kappa shape index (κ3) is 3.70. The molecule has 28 heavy (non-hydrogen) atoms. The van der Waals surface area contributed by atoms with Gasteiger partial charge in [-0.15, -0.1) is 0 Å². The normalized spacial score (nSPS) is 31.4. The molecule has 4 fully saturated rings. The Morgan fingerprint density at radius 1 is 1.07 bits per heavy atom. The third-order valence-electron chi connectivity index (χ3n) is 7.01. The van der Waals surface area contributed by atoms with Gasteiger partial charge in [-0.05, 0) is 79.4 Å². The second kappa shape index (κ2) is 7.08. The first-order chi connectivity index (χ1) is 13.2. The number of rotatable bonds is 6. The molecule has 1 amide bonds. The van der Waals surface area contributed by atoms with Crippen LogP contribution in [0.15, 0.2) is 29.2 Å². The number of likely N-dealkylation sites (N-methyl/N-ethyl adjacent to an activating group) is 1. The molecule has 0 atom stereocenters. The average Bonchev–Trinajstić information content (AvgIpc) is 2.60. The van der Waals surface area contributed by atoms with Gasteiger partial charge in [0.25, 0.3) is 0 Å². The van der Waals surface area contributed by atoms with Crippen LogP contribution in [0.2, 0.25) is 0 Å². The van der Waals surface area contributed by atoms with Gasteiger partial charge in [-0.3, -0.25) is 4.79 Å². The molecule has 0 spiro atoms. The van der Waals surface area contributed by atoms with E-state index < -0.39 is 20.5 Å². The van der Waals surface area contributed by atoms with Gasteiger partial charge >= 0.3 is 5.76 Å². The maximum Gasteiger partial charge on any atom is 0.341 e. The van der Waals surface area contributed by atoms with E-state index in [4.69, 9.17) is 0 Å². The fourth-order valence-corrected chi connectivity index (χ4v) is 7.01. The summed E-state index contributed by atoms with van der Waals surface area (Å²) < 4.78 is 48.2. The van der Waals surface area contributed by atoms with Crippen LogP contribution < -0.4 is 0 Å². The Kier molecular flexibility index (Phi) is 5.01. The number of sulfone groups is 1. The lowest BCUT2D eigenvalue weighted by molar-refractivity contribution is -0.134. The zero-order valence-corrected chi connectivity index (χ0v) is 16.9. The van der Waals surface area contributed by atoms with E-state index in [2.05, 4.69) is 0 Å². The van der Waals surface area contributed by atoms with Crippen LogP contribution in [-0.4, -0.2) is 38.6 Å². The summed E-state index contributed by atoms with van der Waals surface area (Å²) in [7, 11) is -2.75. The summed E-state index contributed by atoms with van der Waals surface area (Å²) in [5.74, 6) is -0.955. The highest BCUT2D eigenvalue weighted by Crippen LogP contribution is 2.60. The molecule has 0 aliphatic heterocycles. The number of carbonyl (C=O) groups is 1. The SMILES string of the molecule is CN(CC12CC3CC(CC(C3)C1)C2)C(=O)Cc1ccc(S(=O)(=O)C(F)F)cc1. The molecular weight excluding hydrogens is 384 g/mol. The predicted octanol–water partition coefficient (Wildman–Crippen LogP) is 3.90. The van der Waals surface area contributed by atoms with Crippen molar-refractivity contribution in [3.05, 3.63) is 29.8 Å². The van der Waals surface area contributed by atoms with E-state index in [-0.39, 0.29) is 17.7 Å². The number of amides is 1. The molecule has 0 aromatic heterocycles. The summed E-state index contributed by atoms with van der Waals surface area (Å²) in [4.78, 5) is 14.1. The van der Waals surface area contributed by atoms with E-state index in [0.29, 0.717) is 5.56 Å². The largest absolute Gasteiger partial charge is 0.345 e. The minimum absolute atomic E-state index is 0.0137. The molecule has 1 aromatic carbocycles.